The van der Waals surface area contributed by atoms with Gasteiger partial charge in [0.2, 0.25) is 0 Å². The number of methoxy groups -OCH3 is 1. The van der Waals surface area contributed by atoms with E-state index in [-0.39, 0.29) is 22.2 Å². The van der Waals surface area contributed by atoms with Crippen LogP contribution in [0.4, 0.5) is 13.2 Å². The number of benzene rings is 2. The molecule has 140 valence electrons. The molecule has 0 N–H and O–H groups in total. The smallest absolute Gasteiger partial charge is 0.422 e. The van der Waals surface area contributed by atoms with Gasteiger partial charge in [-0.1, -0.05) is 24.3 Å². The summed E-state index contributed by atoms with van der Waals surface area (Å²) in [5.74, 6) is -1.39. The highest BCUT2D eigenvalue weighted by Crippen LogP contribution is 2.23. The number of rotatable bonds is 4. The summed E-state index contributed by atoms with van der Waals surface area (Å²) in [6.45, 7) is -1.74. The molecular weight excluding hydrogens is 365 g/mol. The molecule has 3 aromatic rings. The highest BCUT2D eigenvalue weighted by molar-refractivity contribution is 6.07. The first-order valence-corrected chi connectivity index (χ1v) is 7.70. The van der Waals surface area contributed by atoms with Crippen molar-refractivity contribution in [3.8, 4) is 5.75 Å². The van der Waals surface area contributed by atoms with Crippen molar-refractivity contribution >= 4 is 22.8 Å². The Morgan fingerprint density at radius 2 is 1.85 bits per heavy atom. The van der Waals surface area contributed by atoms with Gasteiger partial charge in [0.1, 0.15) is 5.75 Å². The van der Waals surface area contributed by atoms with Crippen LogP contribution in [-0.4, -0.2) is 41.5 Å². The molecule has 0 aliphatic rings. The molecule has 0 aliphatic carbocycles. The third-order valence-corrected chi connectivity index (χ3v) is 3.66. The summed E-state index contributed by atoms with van der Waals surface area (Å²) in [5, 5.41) is 4.12. The van der Waals surface area contributed by atoms with E-state index in [0.717, 1.165) is 4.68 Å². The number of esters is 1. The Kier molecular flexibility index (Phi) is 4.85. The second kappa shape index (κ2) is 7.10. The highest BCUT2D eigenvalue weighted by atomic mass is 19.4. The fourth-order valence-corrected chi connectivity index (χ4v) is 2.47. The molecule has 0 bridgehead atoms. The first-order valence-electron chi connectivity index (χ1n) is 7.70. The molecule has 0 unspecified atom stereocenters. The topological polar surface area (TPSA) is 70.4 Å². The Labute approximate surface area is 151 Å². The van der Waals surface area contributed by atoms with Gasteiger partial charge in [0, 0.05) is 10.9 Å². The van der Waals surface area contributed by atoms with E-state index >= 15 is 0 Å². The molecule has 3 rings (SSSR count). The van der Waals surface area contributed by atoms with Crippen LogP contribution in [0.5, 0.6) is 5.75 Å². The average Bonchev–Trinajstić information content (AvgIpc) is 3.05. The van der Waals surface area contributed by atoms with E-state index < -0.39 is 24.7 Å². The number of fused-ring (bicyclic) bond motifs is 1. The summed E-state index contributed by atoms with van der Waals surface area (Å²) in [5.41, 5.74) is 0.133. The molecule has 0 spiro atoms. The Bertz CT molecular complexity index is 1010. The molecule has 0 radical (unpaired) electrons. The molecular formula is C18H13F3N2O4. The van der Waals surface area contributed by atoms with Gasteiger partial charge < -0.3 is 9.47 Å². The van der Waals surface area contributed by atoms with Crippen LogP contribution < -0.4 is 4.74 Å². The number of carbonyl (C=O) groups excluding carboxylic acids is 2. The molecule has 0 atom stereocenters. The van der Waals surface area contributed by atoms with Crippen molar-refractivity contribution in [2.75, 3.05) is 13.7 Å². The van der Waals surface area contributed by atoms with Gasteiger partial charge in [-0.3, -0.25) is 4.79 Å². The molecule has 0 amide bonds. The molecule has 0 aliphatic heterocycles. The molecule has 9 heteroatoms. The number of carbonyl (C=O) groups is 2. The number of alkyl halides is 3. The van der Waals surface area contributed by atoms with Crippen LogP contribution in [0.15, 0.2) is 48.5 Å². The molecule has 2 aromatic carbocycles. The Balaban J connectivity index is 2.01. The maximum Gasteiger partial charge on any atom is 0.422 e. The minimum absolute atomic E-state index is 0.209. The molecule has 0 saturated heterocycles. The van der Waals surface area contributed by atoms with Crippen molar-refractivity contribution in [1.29, 1.82) is 0 Å². The Morgan fingerprint density at radius 3 is 2.56 bits per heavy atom. The zero-order valence-electron chi connectivity index (χ0n) is 14.0. The van der Waals surface area contributed by atoms with Crippen molar-refractivity contribution in [2.45, 2.75) is 6.18 Å². The van der Waals surface area contributed by atoms with Crippen molar-refractivity contribution in [3.05, 3.63) is 59.8 Å². The van der Waals surface area contributed by atoms with Crippen LogP contribution in [0.25, 0.3) is 10.9 Å². The fraction of sp³-hybridized carbons (Fsp3) is 0.167. The average molecular weight is 378 g/mol. The summed E-state index contributed by atoms with van der Waals surface area (Å²) >= 11 is 0. The van der Waals surface area contributed by atoms with Gasteiger partial charge in [0.15, 0.2) is 12.3 Å². The third-order valence-electron chi connectivity index (χ3n) is 3.66. The maximum atomic E-state index is 12.8. The first kappa shape index (κ1) is 18.4. The minimum Gasteiger partial charge on any atom is -0.497 e. The minimum atomic E-state index is -4.66. The Hall–Kier alpha value is -3.36. The van der Waals surface area contributed by atoms with Crippen molar-refractivity contribution in [3.63, 3.8) is 0 Å². The summed E-state index contributed by atoms with van der Waals surface area (Å²) in [6.07, 6.45) is -4.66. The largest absolute Gasteiger partial charge is 0.497 e. The van der Waals surface area contributed by atoms with Crippen molar-refractivity contribution in [1.82, 2.24) is 9.78 Å². The lowest BCUT2D eigenvalue weighted by Crippen LogP contribution is -2.21. The predicted molar refractivity (Wildman–Crippen MR) is 88.8 cm³/mol. The van der Waals surface area contributed by atoms with Crippen molar-refractivity contribution in [2.24, 2.45) is 0 Å². The fourth-order valence-electron chi connectivity index (χ4n) is 2.47. The van der Waals surface area contributed by atoms with Gasteiger partial charge in [-0.15, -0.1) is 0 Å². The summed E-state index contributed by atoms with van der Waals surface area (Å²) in [7, 11) is 1.45. The van der Waals surface area contributed by atoms with E-state index in [2.05, 4.69) is 9.84 Å². The zero-order valence-corrected chi connectivity index (χ0v) is 14.0. The van der Waals surface area contributed by atoms with E-state index in [1.54, 1.807) is 24.3 Å². The van der Waals surface area contributed by atoms with E-state index in [0.29, 0.717) is 5.75 Å². The van der Waals surface area contributed by atoms with Gasteiger partial charge in [-0.05, 0) is 24.3 Å². The van der Waals surface area contributed by atoms with Crippen LogP contribution in [-0.2, 0) is 4.74 Å². The molecule has 1 aromatic heterocycles. The second-order valence-corrected chi connectivity index (χ2v) is 5.51. The first-order chi connectivity index (χ1) is 12.8. The summed E-state index contributed by atoms with van der Waals surface area (Å²) < 4.78 is 47.2. The van der Waals surface area contributed by atoms with Gasteiger partial charge in [-0.2, -0.15) is 23.0 Å². The molecule has 1 heterocycles. The van der Waals surface area contributed by atoms with Crippen molar-refractivity contribution < 1.29 is 32.2 Å². The third kappa shape index (κ3) is 3.91. The number of nitrogens with zero attached hydrogens (tertiary/aromatic N) is 2. The normalized spacial score (nSPS) is 11.4. The predicted octanol–water partition coefficient (Wildman–Crippen LogP) is 3.45. The monoisotopic (exact) mass is 378 g/mol. The summed E-state index contributed by atoms with van der Waals surface area (Å²) in [6, 6.07) is 12.5. The SMILES string of the molecule is COc1cccc(C(=O)n2nc(C(=O)OCC(F)(F)F)c3ccccc32)c1. The molecule has 6 nitrogen and oxygen atoms in total. The second-order valence-electron chi connectivity index (χ2n) is 5.51. The number of para-hydroxylation sites is 1. The van der Waals surface area contributed by atoms with Gasteiger partial charge in [0.25, 0.3) is 5.91 Å². The quantitative estimate of drug-likeness (QED) is 0.651. The van der Waals surface area contributed by atoms with Gasteiger partial charge >= 0.3 is 12.1 Å². The van der Waals surface area contributed by atoms with Crippen LogP contribution in [0.2, 0.25) is 0 Å². The number of hydrogen-bond donors (Lipinski definition) is 0. The van der Waals surface area contributed by atoms with Crippen LogP contribution in [0.1, 0.15) is 20.8 Å². The highest BCUT2D eigenvalue weighted by Gasteiger charge is 2.31. The lowest BCUT2D eigenvalue weighted by atomic mass is 10.2. The lowest BCUT2D eigenvalue weighted by Gasteiger charge is -2.06. The van der Waals surface area contributed by atoms with Crippen LogP contribution >= 0.6 is 0 Å². The zero-order chi connectivity index (χ0) is 19.6. The van der Waals surface area contributed by atoms with Gasteiger partial charge in [0.05, 0.1) is 12.6 Å². The standard InChI is InChI=1S/C18H13F3N2O4/c1-26-12-6-4-5-11(9-12)16(24)23-14-8-3-2-7-13(14)15(22-23)17(25)27-10-18(19,20)21/h2-9H,10H2,1H3. The van der Waals surface area contributed by atoms with E-state index in [4.69, 9.17) is 4.74 Å². The molecule has 0 fully saturated rings. The summed E-state index contributed by atoms with van der Waals surface area (Å²) in [4.78, 5) is 24.8. The van der Waals surface area contributed by atoms with E-state index in [9.17, 15) is 22.8 Å². The van der Waals surface area contributed by atoms with Gasteiger partial charge in [-0.25, -0.2) is 4.79 Å². The van der Waals surface area contributed by atoms with E-state index in [1.165, 1.54) is 31.4 Å². The number of halogens is 3. The number of aromatic nitrogens is 2. The number of ether oxygens (including phenoxy) is 2. The molecule has 27 heavy (non-hydrogen) atoms. The van der Waals surface area contributed by atoms with Crippen LogP contribution in [0.3, 0.4) is 0 Å². The van der Waals surface area contributed by atoms with E-state index in [1.807, 2.05) is 0 Å². The Morgan fingerprint density at radius 1 is 1.11 bits per heavy atom. The molecule has 0 saturated carbocycles. The lowest BCUT2D eigenvalue weighted by molar-refractivity contribution is -0.161. The number of hydrogen-bond acceptors (Lipinski definition) is 5. The maximum absolute atomic E-state index is 12.8. The van der Waals surface area contributed by atoms with Crippen LogP contribution in [0, 0.1) is 0 Å².